The first-order valence-electron chi connectivity index (χ1n) is 5.67. The lowest BCUT2D eigenvalue weighted by Gasteiger charge is -2.10. The fourth-order valence-corrected chi connectivity index (χ4v) is 3.59. The molecule has 0 bridgehead atoms. The van der Waals surface area contributed by atoms with Crippen LogP contribution in [0.4, 0.5) is 0 Å². The summed E-state index contributed by atoms with van der Waals surface area (Å²) in [6.07, 6.45) is 2.59. The highest BCUT2D eigenvalue weighted by Gasteiger charge is 2.30. The van der Waals surface area contributed by atoms with Crippen LogP contribution in [0.3, 0.4) is 0 Å². The first-order valence-corrected chi connectivity index (χ1v) is 7.38. The molecule has 1 N–H and O–H groups in total. The fourth-order valence-electron chi connectivity index (χ4n) is 1.79. The molecule has 1 aliphatic rings. The minimum atomic E-state index is -2.78. The summed E-state index contributed by atoms with van der Waals surface area (Å²) in [7, 11) is -2.78. The van der Waals surface area contributed by atoms with Crippen molar-refractivity contribution in [1.82, 2.24) is 5.32 Å². The van der Waals surface area contributed by atoms with Crippen LogP contribution in [0, 0.1) is 0 Å². The Balaban J connectivity index is 2.05. The summed E-state index contributed by atoms with van der Waals surface area (Å²) in [4.78, 5) is 0. The van der Waals surface area contributed by atoms with Gasteiger partial charge in [-0.05, 0) is 32.7 Å². The molecule has 5 heteroatoms. The number of hydrogen-bond donors (Lipinski definition) is 1. The van der Waals surface area contributed by atoms with Crippen molar-refractivity contribution in [2.24, 2.45) is 0 Å². The summed E-state index contributed by atoms with van der Waals surface area (Å²) in [6.45, 7) is 4.91. The molecule has 1 rings (SSSR count). The summed E-state index contributed by atoms with van der Waals surface area (Å²) in [5, 5.41) is 3.03. The van der Waals surface area contributed by atoms with Crippen molar-refractivity contribution >= 4 is 9.84 Å². The van der Waals surface area contributed by atoms with Crippen LogP contribution in [0.25, 0.3) is 0 Å². The van der Waals surface area contributed by atoms with Gasteiger partial charge in [-0.3, -0.25) is 0 Å². The predicted molar refractivity (Wildman–Crippen MR) is 60.8 cm³/mol. The Labute approximate surface area is 92.3 Å². The number of rotatable bonds is 7. The largest absolute Gasteiger partial charge is 0.382 e. The van der Waals surface area contributed by atoms with Gasteiger partial charge in [0.2, 0.25) is 0 Å². The van der Waals surface area contributed by atoms with Gasteiger partial charge in [0, 0.05) is 19.8 Å². The van der Waals surface area contributed by atoms with E-state index in [9.17, 15) is 8.42 Å². The lowest BCUT2D eigenvalue weighted by Crippen LogP contribution is -2.31. The van der Waals surface area contributed by atoms with E-state index in [0.29, 0.717) is 12.3 Å². The van der Waals surface area contributed by atoms with E-state index < -0.39 is 9.84 Å². The zero-order valence-corrected chi connectivity index (χ0v) is 10.2. The van der Waals surface area contributed by atoms with Crippen molar-refractivity contribution < 1.29 is 13.2 Å². The van der Waals surface area contributed by atoms with Crippen LogP contribution >= 0.6 is 0 Å². The van der Waals surface area contributed by atoms with Crippen LogP contribution in [0.15, 0.2) is 0 Å². The highest BCUT2D eigenvalue weighted by molar-refractivity contribution is 7.92. The van der Waals surface area contributed by atoms with Crippen LogP contribution < -0.4 is 5.32 Å². The minimum Gasteiger partial charge on any atom is -0.382 e. The Hall–Kier alpha value is -0.130. The molecule has 1 aliphatic heterocycles. The van der Waals surface area contributed by atoms with E-state index in [0.717, 1.165) is 39.0 Å². The van der Waals surface area contributed by atoms with E-state index >= 15 is 0 Å². The molecule has 0 aromatic carbocycles. The number of hydrogen-bond acceptors (Lipinski definition) is 4. The van der Waals surface area contributed by atoms with Gasteiger partial charge in [-0.25, -0.2) is 8.42 Å². The molecule has 0 saturated carbocycles. The van der Waals surface area contributed by atoms with Crippen LogP contribution in [-0.4, -0.2) is 45.7 Å². The average molecular weight is 235 g/mol. The molecule has 1 saturated heterocycles. The molecule has 1 heterocycles. The van der Waals surface area contributed by atoms with Crippen LogP contribution in [0.1, 0.15) is 26.2 Å². The third-order valence-corrected chi connectivity index (χ3v) is 4.96. The molecule has 4 nitrogen and oxygen atoms in total. The van der Waals surface area contributed by atoms with Gasteiger partial charge in [-0.1, -0.05) is 0 Å². The molecule has 0 aromatic heterocycles. The molecule has 15 heavy (non-hydrogen) atoms. The first kappa shape index (κ1) is 12.9. The maximum Gasteiger partial charge on any atom is 0.154 e. The summed E-state index contributed by atoms with van der Waals surface area (Å²) in [6, 6.07) is 0. The van der Waals surface area contributed by atoms with Crippen LogP contribution in [0.5, 0.6) is 0 Å². The monoisotopic (exact) mass is 235 g/mol. The van der Waals surface area contributed by atoms with Gasteiger partial charge in [0.25, 0.3) is 0 Å². The number of sulfone groups is 1. The van der Waals surface area contributed by atoms with Gasteiger partial charge in [0.15, 0.2) is 9.84 Å². The molecule has 90 valence electrons. The SMILES string of the molecule is CCOCCCNCC1CCCS1(=O)=O. The summed E-state index contributed by atoms with van der Waals surface area (Å²) in [5.74, 6) is 0.373. The Morgan fingerprint density at radius 2 is 2.27 bits per heavy atom. The zero-order valence-electron chi connectivity index (χ0n) is 9.37. The highest BCUT2D eigenvalue weighted by atomic mass is 32.2. The topological polar surface area (TPSA) is 55.4 Å². The number of nitrogens with one attached hydrogen (secondary N) is 1. The average Bonchev–Trinajstić information content (AvgIpc) is 2.52. The van der Waals surface area contributed by atoms with E-state index in [1.807, 2.05) is 6.92 Å². The maximum absolute atomic E-state index is 11.5. The van der Waals surface area contributed by atoms with E-state index in [1.54, 1.807) is 0 Å². The molecular formula is C10H21NO3S. The van der Waals surface area contributed by atoms with Crippen molar-refractivity contribution in [2.75, 3.05) is 32.1 Å². The second-order valence-corrected chi connectivity index (χ2v) is 6.29. The smallest absolute Gasteiger partial charge is 0.154 e. The van der Waals surface area contributed by atoms with Crippen molar-refractivity contribution in [3.05, 3.63) is 0 Å². The van der Waals surface area contributed by atoms with E-state index in [-0.39, 0.29) is 5.25 Å². The van der Waals surface area contributed by atoms with Gasteiger partial charge in [-0.2, -0.15) is 0 Å². The predicted octanol–water partition coefficient (Wildman–Crippen LogP) is 0.580. The first-order chi connectivity index (χ1) is 7.17. The van der Waals surface area contributed by atoms with Gasteiger partial charge < -0.3 is 10.1 Å². The number of ether oxygens (including phenoxy) is 1. The van der Waals surface area contributed by atoms with Gasteiger partial charge in [0.1, 0.15) is 0 Å². The normalized spacial score (nSPS) is 24.5. The van der Waals surface area contributed by atoms with Gasteiger partial charge in [0.05, 0.1) is 11.0 Å². The lowest BCUT2D eigenvalue weighted by molar-refractivity contribution is 0.145. The van der Waals surface area contributed by atoms with Crippen molar-refractivity contribution in [3.8, 4) is 0 Å². The van der Waals surface area contributed by atoms with Crippen molar-refractivity contribution in [2.45, 2.75) is 31.4 Å². The standard InChI is InChI=1S/C10H21NO3S/c1-2-14-7-4-6-11-9-10-5-3-8-15(10,12)13/h10-11H,2-9H2,1H3. The van der Waals surface area contributed by atoms with Gasteiger partial charge in [-0.15, -0.1) is 0 Å². The molecule has 0 aliphatic carbocycles. The van der Waals surface area contributed by atoms with Crippen LogP contribution in [0.2, 0.25) is 0 Å². The lowest BCUT2D eigenvalue weighted by atomic mass is 10.2. The zero-order chi connectivity index (χ0) is 11.1. The third kappa shape index (κ3) is 4.49. The molecular weight excluding hydrogens is 214 g/mol. The van der Waals surface area contributed by atoms with E-state index in [4.69, 9.17) is 4.74 Å². The Morgan fingerprint density at radius 1 is 1.47 bits per heavy atom. The quantitative estimate of drug-likeness (QED) is 0.656. The molecule has 0 radical (unpaired) electrons. The van der Waals surface area contributed by atoms with Gasteiger partial charge >= 0.3 is 0 Å². The summed E-state index contributed by atoms with van der Waals surface area (Å²) < 4.78 is 28.1. The molecule has 0 aromatic rings. The van der Waals surface area contributed by atoms with Crippen LogP contribution in [-0.2, 0) is 14.6 Å². The Kier molecular flexibility index (Phi) is 5.56. The third-order valence-electron chi connectivity index (χ3n) is 2.68. The van der Waals surface area contributed by atoms with E-state index in [2.05, 4.69) is 5.32 Å². The second-order valence-electron chi connectivity index (χ2n) is 3.89. The minimum absolute atomic E-state index is 0.149. The van der Waals surface area contributed by atoms with E-state index in [1.165, 1.54) is 0 Å². The Morgan fingerprint density at radius 3 is 2.87 bits per heavy atom. The summed E-state index contributed by atoms with van der Waals surface area (Å²) in [5.41, 5.74) is 0. The summed E-state index contributed by atoms with van der Waals surface area (Å²) >= 11 is 0. The molecule has 0 spiro atoms. The fraction of sp³-hybridized carbons (Fsp3) is 1.00. The molecule has 1 fully saturated rings. The molecule has 1 unspecified atom stereocenters. The molecule has 0 amide bonds. The Bertz CT molecular complexity index is 264. The maximum atomic E-state index is 11.5. The highest BCUT2D eigenvalue weighted by Crippen LogP contribution is 2.18. The van der Waals surface area contributed by atoms with Crippen molar-refractivity contribution in [1.29, 1.82) is 0 Å². The molecule has 1 atom stereocenters. The van der Waals surface area contributed by atoms with Crippen molar-refractivity contribution in [3.63, 3.8) is 0 Å². The second kappa shape index (κ2) is 6.45.